The first kappa shape index (κ1) is 13.1. The molecule has 0 amide bonds. The van der Waals surface area contributed by atoms with Crippen LogP contribution in [0.4, 0.5) is 0 Å². The summed E-state index contributed by atoms with van der Waals surface area (Å²) in [5, 5.41) is 2.53. The van der Waals surface area contributed by atoms with Crippen LogP contribution in [0.2, 0.25) is 0 Å². The van der Waals surface area contributed by atoms with E-state index in [0.717, 1.165) is 19.3 Å². The van der Waals surface area contributed by atoms with Crippen molar-refractivity contribution in [2.45, 2.75) is 31.7 Å². The number of fused-ring (bicyclic) bond motifs is 2. The van der Waals surface area contributed by atoms with Crippen LogP contribution in [-0.2, 0) is 9.13 Å². The first-order valence-electron chi connectivity index (χ1n) is 5.13. The fourth-order valence-corrected chi connectivity index (χ4v) is 8.28. The molecule has 0 aliphatic heterocycles. The van der Waals surface area contributed by atoms with Gasteiger partial charge in [0.05, 0.1) is 11.0 Å². The molecule has 2 rings (SSSR count). The van der Waals surface area contributed by atoms with E-state index in [4.69, 9.17) is 9.79 Å². The molecule has 0 aromatic rings. The van der Waals surface area contributed by atoms with Crippen LogP contribution in [-0.4, -0.2) is 20.7 Å². The molecule has 6 nitrogen and oxygen atoms in total. The van der Waals surface area contributed by atoms with Crippen molar-refractivity contribution in [3.63, 3.8) is 0 Å². The van der Waals surface area contributed by atoms with Gasteiger partial charge in [-0.2, -0.15) is 0 Å². The molecule has 0 heterocycles. The fourth-order valence-electron chi connectivity index (χ4n) is 2.78. The SMILES string of the molecule is O=P(O)(O)SP(=O)(O)NC1CC2CCC1C2. The van der Waals surface area contributed by atoms with Gasteiger partial charge in [0.2, 0.25) is 0 Å². The number of hydrogen-bond donors (Lipinski definition) is 4. The van der Waals surface area contributed by atoms with Crippen molar-refractivity contribution >= 4 is 24.5 Å². The van der Waals surface area contributed by atoms with Crippen LogP contribution >= 0.6 is 24.5 Å². The lowest BCUT2D eigenvalue weighted by molar-refractivity contribution is 0.375. The second-order valence-electron chi connectivity index (χ2n) is 4.50. The van der Waals surface area contributed by atoms with Gasteiger partial charge in [0.1, 0.15) is 0 Å². The Balaban J connectivity index is 1.94. The molecule has 0 saturated heterocycles. The fraction of sp³-hybridized carbons (Fsp3) is 1.00. The van der Waals surface area contributed by atoms with Gasteiger partial charge in [0, 0.05) is 6.04 Å². The highest BCUT2D eigenvalue weighted by Gasteiger charge is 2.43. The van der Waals surface area contributed by atoms with Crippen molar-refractivity contribution in [1.29, 1.82) is 0 Å². The number of hydrogen-bond acceptors (Lipinski definition) is 3. The molecule has 2 aliphatic carbocycles. The number of rotatable bonds is 4. The van der Waals surface area contributed by atoms with Gasteiger partial charge >= 0.3 is 13.5 Å². The van der Waals surface area contributed by atoms with Gasteiger partial charge in [0.25, 0.3) is 0 Å². The molecule has 0 spiro atoms. The van der Waals surface area contributed by atoms with E-state index in [9.17, 15) is 14.0 Å². The van der Waals surface area contributed by atoms with Gasteiger partial charge in [-0.15, -0.1) is 0 Å². The summed E-state index contributed by atoms with van der Waals surface area (Å²) in [6.45, 7) is -8.51. The van der Waals surface area contributed by atoms with Crippen LogP contribution in [0.3, 0.4) is 0 Å². The van der Waals surface area contributed by atoms with E-state index >= 15 is 0 Å². The minimum Gasteiger partial charge on any atom is -0.325 e. The smallest absolute Gasteiger partial charge is 0.325 e. The van der Waals surface area contributed by atoms with Gasteiger partial charge in [0.15, 0.2) is 0 Å². The Morgan fingerprint density at radius 2 is 1.81 bits per heavy atom. The highest BCUT2D eigenvalue weighted by Crippen LogP contribution is 2.70. The van der Waals surface area contributed by atoms with Crippen molar-refractivity contribution in [1.82, 2.24) is 5.09 Å². The van der Waals surface area contributed by atoms with Crippen molar-refractivity contribution in [2.75, 3.05) is 0 Å². The first-order chi connectivity index (χ1) is 7.25. The molecular formula is C7H15NO5P2S. The quantitative estimate of drug-likeness (QED) is 0.583. The predicted molar refractivity (Wildman–Crippen MR) is 61.8 cm³/mol. The molecule has 2 saturated carbocycles. The van der Waals surface area contributed by atoms with Gasteiger partial charge < -0.3 is 14.7 Å². The average molecular weight is 287 g/mol. The predicted octanol–water partition coefficient (Wildman–Crippen LogP) is 1.69. The van der Waals surface area contributed by atoms with Crippen molar-refractivity contribution in [3.05, 3.63) is 0 Å². The van der Waals surface area contributed by atoms with E-state index in [-0.39, 0.29) is 17.0 Å². The van der Waals surface area contributed by atoms with Crippen LogP contribution in [0.15, 0.2) is 0 Å². The summed E-state index contributed by atoms with van der Waals surface area (Å²) in [6.07, 6.45) is 4.13. The minimum atomic E-state index is -4.52. The maximum absolute atomic E-state index is 11.6. The largest absolute Gasteiger partial charge is 0.394 e. The second kappa shape index (κ2) is 4.39. The third-order valence-corrected chi connectivity index (χ3v) is 9.90. The minimum absolute atomic E-state index is 0.0615. The molecule has 4 unspecified atom stereocenters. The zero-order valence-corrected chi connectivity index (χ0v) is 11.1. The van der Waals surface area contributed by atoms with Crippen LogP contribution in [0.1, 0.15) is 25.7 Å². The summed E-state index contributed by atoms with van der Waals surface area (Å²) in [5.74, 6) is 1.01. The molecule has 2 aliphatic rings. The Labute approximate surface area is 97.4 Å². The third-order valence-electron chi connectivity index (χ3n) is 3.28. The molecule has 2 fully saturated rings. The molecule has 4 atom stereocenters. The zero-order chi connectivity index (χ0) is 12.0. The van der Waals surface area contributed by atoms with Gasteiger partial charge in [-0.1, -0.05) is 6.42 Å². The molecular weight excluding hydrogens is 272 g/mol. The molecule has 9 heteroatoms. The summed E-state index contributed by atoms with van der Waals surface area (Å²) < 4.78 is 22.2. The summed E-state index contributed by atoms with van der Waals surface area (Å²) >= 11 is -0.160. The van der Waals surface area contributed by atoms with Crippen molar-refractivity contribution in [3.8, 4) is 0 Å². The maximum Gasteiger partial charge on any atom is 0.394 e. The number of nitrogens with one attached hydrogen (secondary N) is 1. The summed E-state index contributed by atoms with van der Waals surface area (Å²) in [4.78, 5) is 26.8. The summed E-state index contributed by atoms with van der Waals surface area (Å²) in [6, 6.07) is -0.0615. The lowest BCUT2D eigenvalue weighted by atomic mass is 9.96. The Bertz CT molecular complexity index is 372. The Kier molecular flexibility index (Phi) is 3.59. The van der Waals surface area contributed by atoms with Gasteiger partial charge in [-0.05, 0) is 31.1 Å². The molecule has 0 aromatic heterocycles. The summed E-state index contributed by atoms with van der Waals surface area (Å²) in [7, 11) is 0. The van der Waals surface area contributed by atoms with E-state index in [2.05, 4.69) is 5.09 Å². The molecule has 94 valence electrons. The molecule has 4 N–H and O–H groups in total. The van der Waals surface area contributed by atoms with E-state index < -0.39 is 13.5 Å². The Morgan fingerprint density at radius 3 is 2.25 bits per heavy atom. The second-order valence-corrected chi connectivity index (χ2v) is 11.8. The van der Waals surface area contributed by atoms with E-state index in [0.29, 0.717) is 11.8 Å². The van der Waals surface area contributed by atoms with Crippen molar-refractivity contribution in [2.24, 2.45) is 11.8 Å². The third kappa shape index (κ3) is 3.33. The normalized spacial score (nSPS) is 37.6. The molecule has 0 aromatic carbocycles. The molecule has 16 heavy (non-hydrogen) atoms. The van der Waals surface area contributed by atoms with E-state index in [1.54, 1.807) is 0 Å². The van der Waals surface area contributed by atoms with Gasteiger partial charge in [-0.3, -0.25) is 4.57 Å². The molecule has 0 radical (unpaired) electrons. The highest BCUT2D eigenvalue weighted by molar-refractivity contribution is 8.84. The van der Waals surface area contributed by atoms with Crippen LogP contribution < -0.4 is 5.09 Å². The van der Waals surface area contributed by atoms with Crippen molar-refractivity contribution < 1.29 is 23.8 Å². The zero-order valence-electron chi connectivity index (χ0n) is 8.52. The van der Waals surface area contributed by atoms with Crippen LogP contribution in [0.5, 0.6) is 0 Å². The van der Waals surface area contributed by atoms with Crippen LogP contribution in [0, 0.1) is 11.8 Å². The lowest BCUT2D eigenvalue weighted by Crippen LogP contribution is -2.30. The van der Waals surface area contributed by atoms with E-state index in [1.165, 1.54) is 6.42 Å². The standard InChI is InChI=1S/C7H15NO5P2S/c9-14(10,16-15(11,12)13)8-7-4-5-1-2-6(7)3-5/h5-7H,1-4H2,(H2,8,9,10)(H2,11,12,13). The average Bonchev–Trinajstić information content (AvgIpc) is 2.57. The Morgan fingerprint density at radius 1 is 1.12 bits per heavy atom. The molecule has 2 bridgehead atoms. The first-order valence-corrected chi connectivity index (χ1v) is 10.4. The Hall–Kier alpha value is 0.650. The lowest BCUT2D eigenvalue weighted by Gasteiger charge is -2.25. The van der Waals surface area contributed by atoms with Gasteiger partial charge in [-0.25, -0.2) is 9.65 Å². The van der Waals surface area contributed by atoms with E-state index in [1.807, 2.05) is 0 Å². The maximum atomic E-state index is 11.6. The monoisotopic (exact) mass is 287 g/mol. The summed E-state index contributed by atoms with van der Waals surface area (Å²) in [5.41, 5.74) is 0. The topological polar surface area (TPSA) is 107 Å². The highest BCUT2D eigenvalue weighted by atomic mass is 33.1. The van der Waals surface area contributed by atoms with Crippen LogP contribution in [0.25, 0.3) is 0 Å².